The fourth-order valence-electron chi connectivity index (χ4n) is 5.09. The number of allylic oxidation sites excluding steroid dienone is 2. The molecule has 0 atom stereocenters. The van der Waals surface area contributed by atoms with Gasteiger partial charge in [-0.3, -0.25) is 0 Å². The maximum absolute atomic E-state index is 14.1. The van der Waals surface area contributed by atoms with Crippen molar-refractivity contribution in [3.8, 4) is 22.7 Å². The normalized spacial score (nSPS) is 13.5. The van der Waals surface area contributed by atoms with Gasteiger partial charge in [-0.2, -0.15) is 5.10 Å². The molecular formula is C33H30FN3O5. The van der Waals surface area contributed by atoms with E-state index in [1.807, 2.05) is 48.7 Å². The lowest BCUT2D eigenvalue weighted by molar-refractivity contribution is -0.137. The van der Waals surface area contributed by atoms with Gasteiger partial charge in [0.15, 0.2) is 0 Å². The summed E-state index contributed by atoms with van der Waals surface area (Å²) in [7, 11) is 2.61. The molecule has 2 heterocycles. The number of carbonyl (C=O) groups excluding carboxylic acids is 2. The van der Waals surface area contributed by atoms with Gasteiger partial charge in [0.2, 0.25) is 0 Å². The number of para-hydroxylation sites is 1. The van der Waals surface area contributed by atoms with E-state index in [0.717, 1.165) is 11.3 Å². The first-order valence-corrected chi connectivity index (χ1v) is 13.3. The molecule has 1 aliphatic heterocycles. The summed E-state index contributed by atoms with van der Waals surface area (Å²) < 4.78 is 31.9. The van der Waals surface area contributed by atoms with E-state index in [0.29, 0.717) is 34.0 Å². The van der Waals surface area contributed by atoms with E-state index in [2.05, 4.69) is 5.32 Å². The van der Waals surface area contributed by atoms with E-state index in [1.165, 1.54) is 20.3 Å². The summed E-state index contributed by atoms with van der Waals surface area (Å²) in [6.07, 6.45) is 1.82. The molecule has 4 aromatic rings. The molecule has 0 aliphatic carbocycles. The number of nitrogens with zero attached hydrogens (tertiary/aromatic N) is 2. The summed E-state index contributed by atoms with van der Waals surface area (Å²) in [6, 6.07) is 23.2. The van der Waals surface area contributed by atoms with Gasteiger partial charge in [-0.05, 0) is 56.3 Å². The van der Waals surface area contributed by atoms with Gasteiger partial charge in [0, 0.05) is 34.3 Å². The van der Waals surface area contributed by atoms with Crippen molar-refractivity contribution < 1.29 is 28.2 Å². The average molecular weight is 568 g/mol. The highest BCUT2D eigenvalue weighted by molar-refractivity contribution is 6.00. The first kappa shape index (κ1) is 28.4. The molecule has 42 heavy (non-hydrogen) atoms. The van der Waals surface area contributed by atoms with Gasteiger partial charge in [-0.25, -0.2) is 18.7 Å². The molecule has 1 aliphatic rings. The lowest BCUT2D eigenvalue weighted by Crippen LogP contribution is -2.32. The van der Waals surface area contributed by atoms with Gasteiger partial charge in [-0.1, -0.05) is 36.4 Å². The highest BCUT2D eigenvalue weighted by Gasteiger charge is 2.40. The second-order valence-corrected chi connectivity index (χ2v) is 9.74. The fourth-order valence-corrected chi connectivity index (χ4v) is 5.09. The Labute approximate surface area is 243 Å². The van der Waals surface area contributed by atoms with Crippen LogP contribution in [0.3, 0.4) is 0 Å². The summed E-state index contributed by atoms with van der Waals surface area (Å²) in [6.45, 7) is 3.60. The van der Waals surface area contributed by atoms with E-state index < -0.39 is 17.9 Å². The van der Waals surface area contributed by atoms with Crippen molar-refractivity contribution in [1.29, 1.82) is 0 Å². The molecule has 3 aromatic carbocycles. The zero-order valence-electron chi connectivity index (χ0n) is 23.7. The number of esters is 2. The third-order valence-corrected chi connectivity index (χ3v) is 7.13. The second-order valence-electron chi connectivity index (χ2n) is 9.74. The van der Waals surface area contributed by atoms with Crippen molar-refractivity contribution in [2.45, 2.75) is 26.4 Å². The average Bonchev–Trinajstić information content (AvgIpc) is 3.45. The maximum atomic E-state index is 14.1. The van der Waals surface area contributed by atoms with Gasteiger partial charge in [-0.15, -0.1) is 0 Å². The molecule has 0 amide bonds. The van der Waals surface area contributed by atoms with Crippen LogP contribution in [0, 0.1) is 5.82 Å². The van der Waals surface area contributed by atoms with Crippen molar-refractivity contribution in [2.75, 3.05) is 14.2 Å². The number of nitrogens with one attached hydrogen (secondary N) is 1. The molecule has 0 bridgehead atoms. The largest absolute Gasteiger partial charge is 0.489 e. The predicted molar refractivity (Wildman–Crippen MR) is 155 cm³/mol. The Hall–Kier alpha value is -5.18. The molecule has 0 radical (unpaired) electrons. The molecular weight excluding hydrogens is 537 g/mol. The number of ether oxygens (including phenoxy) is 3. The second kappa shape index (κ2) is 12.1. The molecule has 1 aromatic heterocycles. The predicted octanol–water partition coefficient (Wildman–Crippen LogP) is 5.84. The maximum Gasteiger partial charge on any atom is 0.336 e. The number of halogens is 1. The van der Waals surface area contributed by atoms with Crippen LogP contribution in [-0.4, -0.2) is 35.9 Å². The number of methoxy groups -OCH3 is 2. The Balaban J connectivity index is 1.62. The van der Waals surface area contributed by atoms with Crippen LogP contribution in [0.1, 0.15) is 30.9 Å². The van der Waals surface area contributed by atoms with Crippen LogP contribution in [0.25, 0.3) is 16.9 Å². The first-order chi connectivity index (χ1) is 20.3. The van der Waals surface area contributed by atoms with Gasteiger partial charge in [0.1, 0.15) is 18.2 Å². The van der Waals surface area contributed by atoms with E-state index in [-0.39, 0.29) is 23.6 Å². The molecule has 8 nitrogen and oxygen atoms in total. The summed E-state index contributed by atoms with van der Waals surface area (Å²) in [5, 5.41) is 8.04. The number of benzene rings is 3. The van der Waals surface area contributed by atoms with Gasteiger partial charge in [0.05, 0.1) is 42.7 Å². The number of hydrogen-bond donors (Lipinski definition) is 1. The van der Waals surface area contributed by atoms with Crippen LogP contribution in [0.15, 0.2) is 108 Å². The lowest BCUT2D eigenvalue weighted by atomic mass is 9.79. The van der Waals surface area contributed by atoms with E-state index in [9.17, 15) is 14.0 Å². The van der Waals surface area contributed by atoms with Crippen molar-refractivity contribution in [3.05, 3.63) is 125 Å². The molecule has 0 saturated heterocycles. The zero-order chi connectivity index (χ0) is 29.8. The van der Waals surface area contributed by atoms with Crippen molar-refractivity contribution >= 4 is 11.9 Å². The molecule has 5 rings (SSSR count). The number of dihydropyridines is 1. The Kier molecular flexibility index (Phi) is 8.19. The van der Waals surface area contributed by atoms with Gasteiger partial charge in [0.25, 0.3) is 0 Å². The minimum Gasteiger partial charge on any atom is -0.489 e. The number of aromatic nitrogens is 2. The van der Waals surface area contributed by atoms with Crippen LogP contribution in [0.2, 0.25) is 0 Å². The Morgan fingerprint density at radius 1 is 0.857 bits per heavy atom. The molecule has 0 saturated carbocycles. The van der Waals surface area contributed by atoms with Crippen molar-refractivity contribution in [3.63, 3.8) is 0 Å². The molecule has 0 unspecified atom stereocenters. The van der Waals surface area contributed by atoms with Crippen molar-refractivity contribution in [1.82, 2.24) is 15.1 Å². The van der Waals surface area contributed by atoms with E-state index >= 15 is 0 Å². The molecule has 0 fully saturated rings. The minimum atomic E-state index is -0.824. The summed E-state index contributed by atoms with van der Waals surface area (Å²) in [5.74, 6) is -1.76. The Morgan fingerprint density at radius 2 is 1.45 bits per heavy atom. The van der Waals surface area contributed by atoms with Crippen LogP contribution in [-0.2, 0) is 25.7 Å². The minimum absolute atomic E-state index is 0.0775. The zero-order valence-corrected chi connectivity index (χ0v) is 23.7. The quantitative estimate of drug-likeness (QED) is 0.268. The van der Waals surface area contributed by atoms with Crippen LogP contribution >= 0.6 is 0 Å². The smallest absolute Gasteiger partial charge is 0.336 e. The van der Waals surface area contributed by atoms with Gasteiger partial charge < -0.3 is 19.5 Å². The standard InChI is InChI=1S/C33H30FN3O5/c1-20-28(32(38)40-3)30(29(21(2)35-20)33(39)41-4)26-18-37(24-11-6-5-7-12-24)36-31(26)22-14-16-25(17-15-22)42-19-23-10-8-9-13-27(23)34/h5-18,30,35H,19H2,1-4H3. The lowest BCUT2D eigenvalue weighted by Gasteiger charge is -2.29. The summed E-state index contributed by atoms with van der Waals surface area (Å²) >= 11 is 0. The number of rotatable bonds is 8. The summed E-state index contributed by atoms with van der Waals surface area (Å²) in [4.78, 5) is 26.3. The van der Waals surface area contributed by atoms with Crippen molar-refractivity contribution in [2.24, 2.45) is 0 Å². The Bertz CT molecular complexity index is 1650. The molecule has 9 heteroatoms. The van der Waals surface area contributed by atoms with E-state index in [4.69, 9.17) is 19.3 Å². The van der Waals surface area contributed by atoms with Gasteiger partial charge >= 0.3 is 11.9 Å². The van der Waals surface area contributed by atoms with Crippen LogP contribution in [0.4, 0.5) is 4.39 Å². The topological polar surface area (TPSA) is 91.7 Å². The van der Waals surface area contributed by atoms with Crippen LogP contribution < -0.4 is 10.1 Å². The SMILES string of the molecule is COC(=O)C1=C(C)NC(C)=C(C(=O)OC)C1c1cn(-c2ccccc2)nc1-c1ccc(OCc2ccccc2F)cc1. The molecule has 214 valence electrons. The first-order valence-electron chi connectivity index (χ1n) is 13.3. The molecule has 1 N–H and O–H groups in total. The Morgan fingerprint density at radius 3 is 2.05 bits per heavy atom. The molecule has 0 spiro atoms. The van der Waals surface area contributed by atoms with E-state index in [1.54, 1.807) is 48.9 Å². The summed E-state index contributed by atoms with van der Waals surface area (Å²) in [5.41, 5.74) is 4.81. The van der Waals surface area contributed by atoms with Crippen LogP contribution in [0.5, 0.6) is 5.75 Å². The number of hydrogen-bond acceptors (Lipinski definition) is 7. The monoisotopic (exact) mass is 567 g/mol. The third-order valence-electron chi connectivity index (χ3n) is 7.13. The highest BCUT2D eigenvalue weighted by atomic mass is 19.1. The third kappa shape index (κ3) is 5.54. The highest BCUT2D eigenvalue weighted by Crippen LogP contribution is 2.43. The fraction of sp³-hybridized carbons (Fsp3) is 0.182. The number of carbonyl (C=O) groups is 2.